The molecule has 4 nitrogen and oxygen atoms in total. The topological polar surface area (TPSA) is 63.9 Å². The molecule has 4 unspecified atom stereocenters. The number of piperidine rings is 1. The third kappa shape index (κ3) is 3.90. The van der Waals surface area contributed by atoms with Crippen molar-refractivity contribution in [3.05, 3.63) is 0 Å². The largest absolute Gasteiger partial charge is 0.391 e. The summed E-state index contributed by atoms with van der Waals surface area (Å²) in [6.07, 6.45) is -7.19. The van der Waals surface area contributed by atoms with Crippen molar-refractivity contribution < 1.29 is 32.9 Å². The molecule has 0 aromatic carbocycles. The van der Waals surface area contributed by atoms with Gasteiger partial charge in [0.05, 0.1) is 18.1 Å². The SMILES string of the molecule is OC1CN(CC2CCC(C(F)(F)F)CC2)C(CF)C(O)C1O. The fourth-order valence-electron chi connectivity index (χ4n) is 3.56. The third-order valence-corrected chi connectivity index (χ3v) is 4.99. The zero-order chi connectivity index (χ0) is 16.5. The molecule has 2 fully saturated rings. The van der Waals surface area contributed by atoms with Crippen molar-refractivity contribution in [2.45, 2.75) is 56.2 Å². The predicted octanol–water partition coefficient (Wildman–Crippen LogP) is 1.09. The highest BCUT2D eigenvalue weighted by atomic mass is 19.4. The molecule has 2 aliphatic rings. The van der Waals surface area contributed by atoms with Crippen LogP contribution in [0.2, 0.25) is 0 Å². The van der Waals surface area contributed by atoms with Crippen molar-refractivity contribution in [3.63, 3.8) is 0 Å². The molecule has 2 rings (SSSR count). The molecule has 1 aliphatic heterocycles. The van der Waals surface area contributed by atoms with E-state index >= 15 is 0 Å². The fraction of sp³-hybridized carbons (Fsp3) is 1.00. The molecule has 130 valence electrons. The molecule has 0 amide bonds. The van der Waals surface area contributed by atoms with Crippen LogP contribution in [0.5, 0.6) is 0 Å². The van der Waals surface area contributed by atoms with Crippen LogP contribution in [0.3, 0.4) is 0 Å². The Balaban J connectivity index is 1.90. The summed E-state index contributed by atoms with van der Waals surface area (Å²) < 4.78 is 51.0. The summed E-state index contributed by atoms with van der Waals surface area (Å²) in [4.78, 5) is 1.56. The van der Waals surface area contributed by atoms with E-state index in [9.17, 15) is 32.9 Å². The molecule has 1 aliphatic carbocycles. The molecule has 4 atom stereocenters. The van der Waals surface area contributed by atoms with Gasteiger partial charge < -0.3 is 15.3 Å². The molecular formula is C14H23F4NO3. The Morgan fingerprint density at radius 1 is 0.955 bits per heavy atom. The van der Waals surface area contributed by atoms with Gasteiger partial charge in [-0.25, -0.2) is 4.39 Å². The number of nitrogens with zero attached hydrogens (tertiary/aromatic N) is 1. The minimum atomic E-state index is -4.16. The van der Waals surface area contributed by atoms with Crippen LogP contribution in [-0.4, -0.2) is 70.5 Å². The normalized spacial score (nSPS) is 41.6. The second-order valence-electron chi connectivity index (χ2n) is 6.48. The minimum Gasteiger partial charge on any atom is -0.389 e. The van der Waals surface area contributed by atoms with Crippen LogP contribution in [0, 0.1) is 11.8 Å². The third-order valence-electron chi connectivity index (χ3n) is 4.99. The van der Waals surface area contributed by atoms with Crippen molar-refractivity contribution in [1.29, 1.82) is 0 Å². The number of hydrogen-bond acceptors (Lipinski definition) is 4. The van der Waals surface area contributed by atoms with Gasteiger partial charge in [0, 0.05) is 13.1 Å². The van der Waals surface area contributed by atoms with Crippen molar-refractivity contribution in [1.82, 2.24) is 4.90 Å². The number of rotatable bonds is 3. The van der Waals surface area contributed by atoms with E-state index < -0.39 is 43.1 Å². The molecule has 0 radical (unpaired) electrons. The van der Waals surface area contributed by atoms with Gasteiger partial charge in [0.25, 0.3) is 0 Å². The van der Waals surface area contributed by atoms with Crippen molar-refractivity contribution in [2.75, 3.05) is 19.8 Å². The Bertz CT molecular complexity index is 360. The van der Waals surface area contributed by atoms with Crippen LogP contribution in [0.4, 0.5) is 17.6 Å². The van der Waals surface area contributed by atoms with Crippen LogP contribution in [-0.2, 0) is 0 Å². The van der Waals surface area contributed by atoms with Gasteiger partial charge in [-0.15, -0.1) is 0 Å². The van der Waals surface area contributed by atoms with E-state index in [2.05, 4.69) is 0 Å². The van der Waals surface area contributed by atoms with Gasteiger partial charge in [-0.2, -0.15) is 13.2 Å². The number of likely N-dealkylation sites (tertiary alicyclic amines) is 1. The lowest BCUT2D eigenvalue weighted by molar-refractivity contribution is -0.185. The Labute approximate surface area is 126 Å². The van der Waals surface area contributed by atoms with Gasteiger partial charge in [0.1, 0.15) is 18.9 Å². The summed E-state index contributed by atoms with van der Waals surface area (Å²) >= 11 is 0. The molecule has 1 heterocycles. The first-order valence-electron chi connectivity index (χ1n) is 7.65. The molecule has 3 N–H and O–H groups in total. The van der Waals surface area contributed by atoms with E-state index in [4.69, 9.17) is 0 Å². The van der Waals surface area contributed by atoms with E-state index in [1.807, 2.05) is 0 Å². The molecule has 0 aromatic rings. The van der Waals surface area contributed by atoms with Crippen LogP contribution < -0.4 is 0 Å². The van der Waals surface area contributed by atoms with Crippen LogP contribution in [0.15, 0.2) is 0 Å². The number of aliphatic hydroxyl groups is 3. The average Bonchev–Trinajstić information content (AvgIpc) is 2.45. The van der Waals surface area contributed by atoms with E-state index in [1.54, 1.807) is 4.90 Å². The highest BCUT2D eigenvalue weighted by Crippen LogP contribution is 2.40. The number of aliphatic hydroxyl groups excluding tert-OH is 3. The maximum atomic E-state index is 13.1. The zero-order valence-electron chi connectivity index (χ0n) is 12.2. The van der Waals surface area contributed by atoms with Gasteiger partial charge in [-0.3, -0.25) is 4.90 Å². The first-order valence-corrected chi connectivity index (χ1v) is 7.65. The number of β-amino-alcohol motifs (C(OH)–C–C–N with tert-alkyl or cyclic N) is 1. The summed E-state index contributed by atoms with van der Waals surface area (Å²) in [6.45, 7) is -0.519. The summed E-state index contributed by atoms with van der Waals surface area (Å²) in [7, 11) is 0. The quantitative estimate of drug-likeness (QED) is 0.679. The average molecular weight is 329 g/mol. The molecule has 0 bridgehead atoms. The van der Waals surface area contributed by atoms with E-state index in [-0.39, 0.29) is 25.3 Å². The lowest BCUT2D eigenvalue weighted by Gasteiger charge is -2.44. The highest BCUT2D eigenvalue weighted by molar-refractivity contribution is 4.95. The second-order valence-corrected chi connectivity index (χ2v) is 6.48. The van der Waals surface area contributed by atoms with E-state index in [0.717, 1.165) is 0 Å². The number of hydrogen-bond donors (Lipinski definition) is 3. The summed E-state index contributed by atoms with van der Waals surface area (Å²) in [6, 6.07) is -0.918. The Morgan fingerprint density at radius 3 is 2.05 bits per heavy atom. The first kappa shape index (κ1) is 17.9. The van der Waals surface area contributed by atoms with Crippen LogP contribution in [0.25, 0.3) is 0 Å². The molecule has 0 spiro atoms. The van der Waals surface area contributed by atoms with Gasteiger partial charge in [0.15, 0.2) is 0 Å². The Kier molecular flexibility index (Phi) is 5.68. The monoisotopic (exact) mass is 329 g/mol. The van der Waals surface area contributed by atoms with Gasteiger partial charge >= 0.3 is 6.18 Å². The summed E-state index contributed by atoms with van der Waals surface area (Å²) in [5.41, 5.74) is 0. The Hall–Kier alpha value is -0.440. The minimum absolute atomic E-state index is 0.0118. The van der Waals surface area contributed by atoms with Crippen LogP contribution in [0.1, 0.15) is 25.7 Å². The lowest BCUT2D eigenvalue weighted by atomic mass is 9.80. The van der Waals surface area contributed by atoms with E-state index in [1.165, 1.54) is 0 Å². The molecule has 1 saturated heterocycles. The second kappa shape index (κ2) is 6.98. The molecule has 1 saturated carbocycles. The Morgan fingerprint density at radius 2 is 1.55 bits per heavy atom. The van der Waals surface area contributed by atoms with E-state index in [0.29, 0.717) is 19.4 Å². The lowest BCUT2D eigenvalue weighted by Crippen LogP contribution is -2.62. The number of halogens is 4. The number of alkyl halides is 4. The smallest absolute Gasteiger partial charge is 0.389 e. The highest BCUT2D eigenvalue weighted by Gasteiger charge is 2.44. The molecule has 22 heavy (non-hydrogen) atoms. The van der Waals surface area contributed by atoms with Gasteiger partial charge in [-0.1, -0.05) is 0 Å². The maximum absolute atomic E-state index is 13.1. The summed E-state index contributed by atoms with van der Waals surface area (Å²) in [5, 5.41) is 29.1. The van der Waals surface area contributed by atoms with Crippen molar-refractivity contribution in [2.24, 2.45) is 11.8 Å². The summed E-state index contributed by atoms with van der Waals surface area (Å²) in [5.74, 6) is -1.28. The fourth-order valence-corrected chi connectivity index (χ4v) is 3.56. The van der Waals surface area contributed by atoms with Crippen molar-refractivity contribution in [3.8, 4) is 0 Å². The molecule has 0 aromatic heterocycles. The van der Waals surface area contributed by atoms with Gasteiger partial charge in [-0.05, 0) is 31.6 Å². The maximum Gasteiger partial charge on any atom is 0.391 e. The molecule has 8 heteroatoms. The van der Waals surface area contributed by atoms with Crippen LogP contribution >= 0.6 is 0 Å². The molecular weight excluding hydrogens is 306 g/mol. The predicted molar refractivity (Wildman–Crippen MR) is 70.9 cm³/mol. The van der Waals surface area contributed by atoms with Crippen molar-refractivity contribution >= 4 is 0 Å². The standard InChI is InChI=1S/C14H23F4NO3/c15-5-10-12(21)13(22)11(20)7-19(10)6-8-1-3-9(4-2-8)14(16,17)18/h8-13,20-22H,1-7H2. The zero-order valence-corrected chi connectivity index (χ0v) is 12.2. The van der Waals surface area contributed by atoms with Gasteiger partial charge in [0.2, 0.25) is 0 Å². The first-order chi connectivity index (χ1) is 10.2.